The normalized spacial score (nSPS) is 12.4. The number of halogens is 1. The predicted octanol–water partition coefficient (Wildman–Crippen LogP) is 2.82. The molecule has 20 heavy (non-hydrogen) atoms. The lowest BCUT2D eigenvalue weighted by Crippen LogP contribution is -2.34. The van der Waals surface area contributed by atoms with E-state index in [1.54, 1.807) is 7.11 Å². The molecule has 0 spiro atoms. The molecule has 0 heterocycles. The Bertz CT molecular complexity index is 423. The van der Waals surface area contributed by atoms with E-state index in [0.717, 1.165) is 5.56 Å². The number of benzene rings is 1. The SMILES string of the molecule is COCCOCC(=O)NC(c1ccccc1Cl)C(C)C. The zero-order chi connectivity index (χ0) is 15.0. The van der Waals surface area contributed by atoms with E-state index < -0.39 is 0 Å². The van der Waals surface area contributed by atoms with E-state index >= 15 is 0 Å². The molecule has 1 unspecified atom stereocenters. The van der Waals surface area contributed by atoms with Gasteiger partial charge in [0.05, 0.1) is 19.3 Å². The molecular weight excluding hydrogens is 278 g/mol. The molecular formula is C15H22ClNO3. The molecule has 0 saturated heterocycles. The second-order valence-corrected chi connectivity index (χ2v) is 5.26. The molecule has 1 rings (SSSR count). The maximum absolute atomic E-state index is 11.9. The second-order valence-electron chi connectivity index (χ2n) is 4.86. The average Bonchev–Trinajstić information content (AvgIpc) is 2.42. The monoisotopic (exact) mass is 299 g/mol. The van der Waals surface area contributed by atoms with E-state index in [4.69, 9.17) is 21.1 Å². The molecule has 0 aliphatic carbocycles. The van der Waals surface area contributed by atoms with Crippen LogP contribution in [0.25, 0.3) is 0 Å². The van der Waals surface area contributed by atoms with Gasteiger partial charge < -0.3 is 14.8 Å². The van der Waals surface area contributed by atoms with E-state index in [0.29, 0.717) is 18.2 Å². The van der Waals surface area contributed by atoms with Crippen LogP contribution in [0.1, 0.15) is 25.5 Å². The third kappa shape index (κ3) is 5.49. The fourth-order valence-electron chi connectivity index (χ4n) is 1.85. The third-order valence-electron chi connectivity index (χ3n) is 2.89. The molecule has 0 aliphatic heterocycles. The minimum Gasteiger partial charge on any atom is -0.382 e. The Morgan fingerprint density at radius 1 is 1.30 bits per heavy atom. The minimum absolute atomic E-state index is 0.0248. The van der Waals surface area contributed by atoms with E-state index in [2.05, 4.69) is 5.32 Å². The molecule has 1 aromatic carbocycles. The predicted molar refractivity (Wildman–Crippen MR) is 79.9 cm³/mol. The first-order chi connectivity index (χ1) is 9.56. The molecule has 0 saturated carbocycles. The lowest BCUT2D eigenvalue weighted by atomic mass is 9.96. The van der Waals surface area contributed by atoms with Crippen molar-refractivity contribution in [3.63, 3.8) is 0 Å². The summed E-state index contributed by atoms with van der Waals surface area (Å²) in [5.74, 6) is 0.0811. The van der Waals surface area contributed by atoms with Crippen LogP contribution in [0.3, 0.4) is 0 Å². The van der Waals surface area contributed by atoms with Crippen LogP contribution in [-0.2, 0) is 14.3 Å². The number of amides is 1. The molecule has 1 atom stereocenters. The number of carbonyl (C=O) groups excluding carboxylic acids is 1. The Labute approximate surface area is 125 Å². The summed E-state index contributed by atoms with van der Waals surface area (Å²) in [7, 11) is 1.59. The third-order valence-corrected chi connectivity index (χ3v) is 3.23. The molecule has 0 fully saturated rings. The molecule has 0 bridgehead atoms. The van der Waals surface area contributed by atoms with Gasteiger partial charge in [0.1, 0.15) is 6.61 Å². The van der Waals surface area contributed by atoms with Gasteiger partial charge in [0.15, 0.2) is 0 Å². The number of hydrogen-bond acceptors (Lipinski definition) is 3. The van der Waals surface area contributed by atoms with E-state index in [9.17, 15) is 4.79 Å². The van der Waals surface area contributed by atoms with Crippen molar-refractivity contribution in [1.82, 2.24) is 5.32 Å². The van der Waals surface area contributed by atoms with Gasteiger partial charge in [0, 0.05) is 12.1 Å². The van der Waals surface area contributed by atoms with Gasteiger partial charge >= 0.3 is 0 Å². The number of rotatable bonds is 8. The Hall–Kier alpha value is -1.10. The zero-order valence-corrected chi connectivity index (χ0v) is 12.9. The van der Waals surface area contributed by atoms with Gasteiger partial charge in [0.2, 0.25) is 5.91 Å². The van der Waals surface area contributed by atoms with Crippen LogP contribution >= 0.6 is 11.6 Å². The molecule has 1 aromatic rings. The van der Waals surface area contributed by atoms with Crippen LogP contribution in [-0.4, -0.2) is 32.8 Å². The number of ether oxygens (including phenoxy) is 2. The fraction of sp³-hybridized carbons (Fsp3) is 0.533. The molecule has 0 radical (unpaired) electrons. The van der Waals surface area contributed by atoms with Crippen molar-refractivity contribution in [1.29, 1.82) is 0 Å². The van der Waals surface area contributed by atoms with E-state index in [-0.39, 0.29) is 24.5 Å². The van der Waals surface area contributed by atoms with Crippen molar-refractivity contribution in [2.75, 3.05) is 26.9 Å². The fourth-order valence-corrected chi connectivity index (χ4v) is 2.11. The van der Waals surface area contributed by atoms with Crippen molar-refractivity contribution >= 4 is 17.5 Å². The summed E-state index contributed by atoms with van der Waals surface area (Å²) in [4.78, 5) is 11.9. The first kappa shape index (κ1) is 17.0. The summed E-state index contributed by atoms with van der Waals surface area (Å²) in [5, 5.41) is 3.62. The highest BCUT2D eigenvalue weighted by molar-refractivity contribution is 6.31. The number of hydrogen-bond donors (Lipinski definition) is 1. The quantitative estimate of drug-likeness (QED) is 0.751. The van der Waals surface area contributed by atoms with E-state index in [1.165, 1.54) is 0 Å². The van der Waals surface area contributed by atoms with E-state index in [1.807, 2.05) is 38.1 Å². The van der Waals surface area contributed by atoms with Crippen molar-refractivity contribution in [2.24, 2.45) is 5.92 Å². The van der Waals surface area contributed by atoms with Gasteiger partial charge in [-0.05, 0) is 17.5 Å². The lowest BCUT2D eigenvalue weighted by molar-refractivity contribution is -0.127. The Balaban J connectivity index is 2.60. The highest BCUT2D eigenvalue weighted by Crippen LogP contribution is 2.27. The van der Waals surface area contributed by atoms with Gasteiger partial charge in [-0.3, -0.25) is 4.79 Å². The Morgan fingerprint density at radius 2 is 2.00 bits per heavy atom. The minimum atomic E-state index is -0.153. The van der Waals surface area contributed by atoms with Crippen molar-refractivity contribution in [2.45, 2.75) is 19.9 Å². The maximum atomic E-state index is 11.9. The van der Waals surface area contributed by atoms with Crippen LogP contribution in [0.4, 0.5) is 0 Å². The summed E-state index contributed by atoms with van der Waals surface area (Å²) in [6.45, 7) is 4.99. The first-order valence-electron chi connectivity index (χ1n) is 6.66. The molecule has 4 nitrogen and oxygen atoms in total. The van der Waals surface area contributed by atoms with Gasteiger partial charge in [-0.15, -0.1) is 0 Å². The highest BCUT2D eigenvalue weighted by Gasteiger charge is 2.20. The second kappa shape index (κ2) is 8.95. The maximum Gasteiger partial charge on any atom is 0.246 e. The smallest absolute Gasteiger partial charge is 0.246 e. The van der Waals surface area contributed by atoms with Gasteiger partial charge in [0.25, 0.3) is 0 Å². The molecule has 112 valence electrons. The van der Waals surface area contributed by atoms with Crippen LogP contribution in [0.2, 0.25) is 5.02 Å². The Kier molecular flexibility index (Phi) is 7.59. The highest BCUT2D eigenvalue weighted by atomic mass is 35.5. The number of methoxy groups -OCH3 is 1. The lowest BCUT2D eigenvalue weighted by Gasteiger charge is -2.23. The largest absolute Gasteiger partial charge is 0.382 e. The average molecular weight is 300 g/mol. The summed E-state index contributed by atoms with van der Waals surface area (Å²) in [5.41, 5.74) is 0.925. The molecule has 1 amide bonds. The molecule has 0 aliphatic rings. The van der Waals surface area contributed by atoms with Crippen LogP contribution in [0.15, 0.2) is 24.3 Å². The van der Waals surface area contributed by atoms with Crippen molar-refractivity contribution in [3.8, 4) is 0 Å². The molecule has 5 heteroatoms. The molecule has 1 N–H and O–H groups in total. The van der Waals surface area contributed by atoms with Crippen molar-refractivity contribution in [3.05, 3.63) is 34.9 Å². The Morgan fingerprint density at radius 3 is 2.60 bits per heavy atom. The van der Waals surface area contributed by atoms with Crippen LogP contribution < -0.4 is 5.32 Å². The van der Waals surface area contributed by atoms with Gasteiger partial charge in [-0.25, -0.2) is 0 Å². The molecule has 0 aromatic heterocycles. The summed E-state index contributed by atoms with van der Waals surface area (Å²) in [6, 6.07) is 7.42. The summed E-state index contributed by atoms with van der Waals surface area (Å²) < 4.78 is 10.1. The topological polar surface area (TPSA) is 47.6 Å². The number of nitrogens with one attached hydrogen (secondary N) is 1. The summed E-state index contributed by atoms with van der Waals surface area (Å²) in [6.07, 6.45) is 0. The number of carbonyl (C=O) groups is 1. The zero-order valence-electron chi connectivity index (χ0n) is 12.2. The van der Waals surface area contributed by atoms with Crippen molar-refractivity contribution < 1.29 is 14.3 Å². The van der Waals surface area contributed by atoms with Crippen LogP contribution in [0.5, 0.6) is 0 Å². The first-order valence-corrected chi connectivity index (χ1v) is 7.04. The summed E-state index contributed by atoms with van der Waals surface area (Å²) >= 11 is 6.19. The van der Waals surface area contributed by atoms with Gasteiger partial charge in [-0.2, -0.15) is 0 Å². The van der Waals surface area contributed by atoms with Gasteiger partial charge in [-0.1, -0.05) is 43.6 Å². The standard InChI is InChI=1S/C15H22ClNO3/c1-11(2)15(12-6-4-5-7-13(12)16)17-14(18)10-20-9-8-19-3/h4-7,11,15H,8-10H2,1-3H3,(H,17,18). The van der Waals surface area contributed by atoms with Crippen LogP contribution in [0, 0.1) is 5.92 Å².